The van der Waals surface area contributed by atoms with E-state index >= 15 is 0 Å². The molecule has 246 valence electrons. The summed E-state index contributed by atoms with van der Waals surface area (Å²) in [5.41, 5.74) is 4.96. The van der Waals surface area contributed by atoms with Crippen LogP contribution in [0.4, 0.5) is 0 Å². The average Bonchev–Trinajstić information content (AvgIpc) is 3.10. The van der Waals surface area contributed by atoms with Crippen molar-refractivity contribution in [2.24, 2.45) is 0 Å². The zero-order valence-electron chi connectivity index (χ0n) is 27.4. The van der Waals surface area contributed by atoms with E-state index in [-0.39, 0.29) is 6.42 Å². The van der Waals surface area contributed by atoms with Gasteiger partial charge in [-0.05, 0) is 60.7 Å². The van der Waals surface area contributed by atoms with Gasteiger partial charge in [0.1, 0.15) is 17.8 Å². The number of rotatable bonds is 17. The van der Waals surface area contributed by atoms with Crippen LogP contribution in [-0.2, 0) is 22.4 Å². The van der Waals surface area contributed by atoms with Crippen molar-refractivity contribution in [2.45, 2.75) is 77.8 Å². The van der Waals surface area contributed by atoms with Gasteiger partial charge in [-0.25, -0.2) is 9.97 Å². The highest BCUT2D eigenvalue weighted by Crippen LogP contribution is 2.24. The lowest BCUT2D eigenvalue weighted by Gasteiger charge is -2.20. The molecule has 2 atom stereocenters. The van der Waals surface area contributed by atoms with Gasteiger partial charge in [-0.1, -0.05) is 88.1 Å². The number of nitrogens with one attached hydrogen (secondary N) is 2. The third-order valence-electron chi connectivity index (χ3n) is 7.98. The summed E-state index contributed by atoms with van der Waals surface area (Å²) in [4.78, 5) is 46.6. The first-order chi connectivity index (χ1) is 22.8. The van der Waals surface area contributed by atoms with Crippen molar-refractivity contribution in [2.75, 3.05) is 6.61 Å². The highest BCUT2D eigenvalue weighted by atomic mass is 16.5. The van der Waals surface area contributed by atoms with Gasteiger partial charge in [0.2, 0.25) is 5.91 Å². The second kappa shape index (κ2) is 17.6. The standard InChI is InChI=1S/C38H44N4O5/c1-4-6-7-8-9-22-47-33-20-18-29(19-21-33)32-24-39-35(40-25-32)30-14-12-28(13-15-30)23-34(37(44)41-26(3)38(45)46)42-36(43)31-16-10-27(5-2)11-17-31/h10-21,24-26,34H,4-9,22-23H2,1-3H3,(H,41,44)(H,42,43)(H,45,46). The quantitative estimate of drug-likeness (QED) is 0.111. The monoisotopic (exact) mass is 636 g/mol. The van der Waals surface area contributed by atoms with Gasteiger partial charge < -0.3 is 20.5 Å². The SMILES string of the molecule is CCCCCCCOc1ccc(-c2cnc(-c3ccc(CC(NC(=O)c4ccc(CC)cc4)C(=O)NC(C)C(=O)O)cc3)nc2)cc1. The van der Waals surface area contributed by atoms with Crippen molar-refractivity contribution >= 4 is 17.8 Å². The summed E-state index contributed by atoms with van der Waals surface area (Å²) in [5.74, 6) is -0.757. The molecule has 0 aliphatic heterocycles. The van der Waals surface area contributed by atoms with Crippen LogP contribution in [0.5, 0.6) is 5.75 Å². The van der Waals surface area contributed by atoms with Crippen molar-refractivity contribution in [1.29, 1.82) is 0 Å². The Morgan fingerprint density at radius 3 is 1.98 bits per heavy atom. The summed E-state index contributed by atoms with van der Waals surface area (Å²) in [5, 5.41) is 14.5. The van der Waals surface area contributed by atoms with Crippen LogP contribution in [0.15, 0.2) is 85.2 Å². The molecular weight excluding hydrogens is 592 g/mol. The number of aryl methyl sites for hydroxylation is 1. The second-order valence-electron chi connectivity index (χ2n) is 11.6. The lowest BCUT2D eigenvalue weighted by Crippen LogP contribution is -2.51. The third-order valence-corrected chi connectivity index (χ3v) is 7.98. The number of aliphatic carboxylic acids is 1. The van der Waals surface area contributed by atoms with E-state index in [1.54, 1.807) is 24.5 Å². The number of unbranched alkanes of at least 4 members (excludes halogenated alkanes) is 4. The Bertz CT molecular complexity index is 1590. The number of nitrogens with zero attached hydrogens (tertiary/aromatic N) is 2. The Balaban J connectivity index is 1.39. The van der Waals surface area contributed by atoms with Gasteiger partial charge in [0, 0.05) is 35.5 Å². The number of carbonyl (C=O) groups excluding carboxylic acids is 2. The lowest BCUT2D eigenvalue weighted by molar-refractivity contribution is -0.141. The van der Waals surface area contributed by atoms with E-state index in [1.807, 2.05) is 67.6 Å². The average molecular weight is 637 g/mol. The van der Waals surface area contributed by atoms with E-state index < -0.39 is 29.9 Å². The highest BCUT2D eigenvalue weighted by molar-refractivity contribution is 5.98. The van der Waals surface area contributed by atoms with Crippen LogP contribution in [-0.4, -0.2) is 51.5 Å². The van der Waals surface area contributed by atoms with Crippen molar-refractivity contribution in [3.05, 3.63) is 102 Å². The number of hydrogen-bond acceptors (Lipinski definition) is 6. The maximum atomic E-state index is 13.1. The largest absolute Gasteiger partial charge is 0.494 e. The minimum atomic E-state index is -1.16. The van der Waals surface area contributed by atoms with Crippen molar-refractivity contribution in [3.63, 3.8) is 0 Å². The molecule has 2 amide bonds. The molecule has 0 aliphatic rings. The number of carboxylic acids is 1. The molecule has 0 saturated carbocycles. The zero-order valence-corrected chi connectivity index (χ0v) is 27.4. The van der Waals surface area contributed by atoms with Crippen molar-refractivity contribution in [1.82, 2.24) is 20.6 Å². The number of ether oxygens (including phenoxy) is 1. The summed E-state index contributed by atoms with van der Waals surface area (Å²) in [6.07, 6.45) is 10.6. The fraction of sp³-hybridized carbons (Fsp3) is 0.342. The fourth-order valence-electron chi connectivity index (χ4n) is 5.01. The van der Waals surface area contributed by atoms with E-state index in [0.717, 1.165) is 53.0 Å². The number of carboxylic acid groups (broad SMARTS) is 1. The summed E-state index contributed by atoms with van der Waals surface area (Å²) in [6.45, 7) is 6.34. The molecule has 2 unspecified atom stereocenters. The second-order valence-corrected chi connectivity index (χ2v) is 11.6. The molecule has 0 bridgehead atoms. The van der Waals surface area contributed by atoms with E-state index in [4.69, 9.17) is 4.74 Å². The predicted octanol–water partition coefficient (Wildman–Crippen LogP) is 6.65. The van der Waals surface area contributed by atoms with Crippen LogP contribution in [0.2, 0.25) is 0 Å². The topological polar surface area (TPSA) is 131 Å². The molecule has 4 aromatic rings. The number of benzene rings is 3. The van der Waals surface area contributed by atoms with Crippen LogP contribution < -0.4 is 15.4 Å². The molecule has 9 nitrogen and oxygen atoms in total. The first-order valence-electron chi connectivity index (χ1n) is 16.3. The van der Waals surface area contributed by atoms with E-state index in [9.17, 15) is 19.5 Å². The molecule has 0 radical (unpaired) electrons. The van der Waals surface area contributed by atoms with Crippen LogP contribution >= 0.6 is 0 Å². The molecule has 3 N–H and O–H groups in total. The minimum absolute atomic E-state index is 0.162. The van der Waals surface area contributed by atoms with Gasteiger partial charge in [-0.3, -0.25) is 14.4 Å². The predicted molar refractivity (Wildman–Crippen MR) is 183 cm³/mol. The molecule has 3 aromatic carbocycles. The molecule has 4 rings (SSSR count). The number of carbonyl (C=O) groups is 3. The van der Waals surface area contributed by atoms with Crippen LogP contribution in [0.25, 0.3) is 22.5 Å². The molecule has 0 aliphatic carbocycles. The van der Waals surface area contributed by atoms with Gasteiger partial charge in [-0.15, -0.1) is 0 Å². The summed E-state index contributed by atoms with van der Waals surface area (Å²) in [6, 6.07) is 20.4. The van der Waals surface area contributed by atoms with E-state index in [2.05, 4.69) is 27.5 Å². The fourth-order valence-corrected chi connectivity index (χ4v) is 5.01. The first-order valence-corrected chi connectivity index (χ1v) is 16.3. The van der Waals surface area contributed by atoms with Gasteiger partial charge in [0.15, 0.2) is 5.82 Å². The Kier molecular flexibility index (Phi) is 13.0. The number of hydrogen-bond donors (Lipinski definition) is 3. The Labute approximate surface area is 276 Å². The molecule has 1 aromatic heterocycles. The third kappa shape index (κ3) is 10.5. The minimum Gasteiger partial charge on any atom is -0.494 e. The number of amides is 2. The molecule has 9 heteroatoms. The Hall–Kier alpha value is -5.05. The summed E-state index contributed by atoms with van der Waals surface area (Å²) in [7, 11) is 0. The Morgan fingerprint density at radius 1 is 0.745 bits per heavy atom. The van der Waals surface area contributed by atoms with Gasteiger partial charge >= 0.3 is 5.97 Å². The Morgan fingerprint density at radius 2 is 1.36 bits per heavy atom. The highest BCUT2D eigenvalue weighted by Gasteiger charge is 2.25. The van der Waals surface area contributed by atoms with Crippen molar-refractivity contribution < 1.29 is 24.2 Å². The molecule has 0 saturated heterocycles. The number of aromatic nitrogens is 2. The molecular formula is C38H44N4O5. The summed E-state index contributed by atoms with van der Waals surface area (Å²) >= 11 is 0. The van der Waals surface area contributed by atoms with Crippen molar-refractivity contribution in [3.8, 4) is 28.3 Å². The first kappa shape index (κ1) is 34.8. The van der Waals surface area contributed by atoms with Gasteiger partial charge in [0.25, 0.3) is 5.91 Å². The summed E-state index contributed by atoms with van der Waals surface area (Å²) < 4.78 is 5.88. The van der Waals surface area contributed by atoms with Crippen LogP contribution in [0, 0.1) is 0 Å². The smallest absolute Gasteiger partial charge is 0.325 e. The van der Waals surface area contributed by atoms with Crippen LogP contribution in [0.3, 0.4) is 0 Å². The normalized spacial score (nSPS) is 12.1. The van der Waals surface area contributed by atoms with Gasteiger partial charge in [0.05, 0.1) is 6.61 Å². The molecule has 0 fully saturated rings. The maximum Gasteiger partial charge on any atom is 0.325 e. The molecule has 47 heavy (non-hydrogen) atoms. The van der Waals surface area contributed by atoms with Gasteiger partial charge in [-0.2, -0.15) is 0 Å². The lowest BCUT2D eigenvalue weighted by atomic mass is 10.0. The molecule has 1 heterocycles. The molecule has 0 spiro atoms. The van der Waals surface area contributed by atoms with E-state index in [0.29, 0.717) is 11.4 Å². The van der Waals surface area contributed by atoms with E-state index in [1.165, 1.54) is 32.6 Å². The maximum absolute atomic E-state index is 13.1. The van der Waals surface area contributed by atoms with Crippen LogP contribution in [0.1, 0.15) is 74.4 Å². The zero-order chi connectivity index (χ0) is 33.6.